The van der Waals surface area contributed by atoms with Gasteiger partial charge in [-0.25, -0.2) is 13.1 Å². The van der Waals surface area contributed by atoms with E-state index in [0.717, 1.165) is 5.56 Å². The number of amides is 1. The van der Waals surface area contributed by atoms with E-state index in [-0.39, 0.29) is 23.3 Å². The molecule has 0 aliphatic heterocycles. The first-order chi connectivity index (χ1) is 11.3. The van der Waals surface area contributed by atoms with Crippen molar-refractivity contribution in [3.05, 3.63) is 65.2 Å². The van der Waals surface area contributed by atoms with Crippen molar-refractivity contribution >= 4 is 21.9 Å². The van der Waals surface area contributed by atoms with Gasteiger partial charge in [-0.1, -0.05) is 35.9 Å². The van der Waals surface area contributed by atoms with Crippen molar-refractivity contribution in [3.63, 3.8) is 0 Å². The second-order valence-electron chi connectivity index (χ2n) is 5.30. The Morgan fingerprint density at radius 1 is 1.04 bits per heavy atom. The molecule has 1 amide bonds. The summed E-state index contributed by atoms with van der Waals surface area (Å²) in [5.41, 5.74) is 1.53. The summed E-state index contributed by atoms with van der Waals surface area (Å²) in [5.74, 6) is -1.77. The Balaban J connectivity index is 2.23. The minimum atomic E-state index is -3.99. The maximum atomic E-state index is 12.3. The average Bonchev–Trinajstić information content (AvgIpc) is 2.53. The van der Waals surface area contributed by atoms with E-state index in [2.05, 4.69) is 0 Å². The van der Waals surface area contributed by atoms with Gasteiger partial charge in [-0.3, -0.25) is 9.59 Å². The normalized spacial score (nSPS) is 11.0. The molecule has 0 fully saturated rings. The van der Waals surface area contributed by atoms with Crippen LogP contribution in [0.5, 0.6) is 0 Å². The van der Waals surface area contributed by atoms with Gasteiger partial charge in [-0.15, -0.1) is 0 Å². The van der Waals surface area contributed by atoms with E-state index in [1.54, 1.807) is 30.3 Å². The van der Waals surface area contributed by atoms with Gasteiger partial charge in [0.2, 0.25) is 0 Å². The van der Waals surface area contributed by atoms with Crippen LogP contribution in [-0.4, -0.2) is 25.4 Å². The number of benzene rings is 2. The third kappa shape index (κ3) is 4.42. The minimum Gasteiger partial charge on any atom is -0.481 e. The molecule has 0 aliphatic carbocycles. The van der Waals surface area contributed by atoms with Crippen LogP contribution in [-0.2, 0) is 21.2 Å². The van der Waals surface area contributed by atoms with E-state index < -0.39 is 21.9 Å². The van der Waals surface area contributed by atoms with Gasteiger partial charge in [0, 0.05) is 12.0 Å². The van der Waals surface area contributed by atoms with E-state index in [9.17, 15) is 18.0 Å². The predicted octanol–water partition coefficient (Wildman–Crippen LogP) is 2.13. The molecule has 0 atom stereocenters. The Morgan fingerprint density at radius 3 is 2.29 bits per heavy atom. The summed E-state index contributed by atoms with van der Waals surface area (Å²) in [6, 6.07) is 12.5. The van der Waals surface area contributed by atoms with E-state index >= 15 is 0 Å². The fraction of sp³-hybridized carbons (Fsp3) is 0.176. The molecule has 0 unspecified atom stereocenters. The second kappa shape index (κ2) is 7.27. The van der Waals surface area contributed by atoms with E-state index in [1.165, 1.54) is 18.2 Å². The van der Waals surface area contributed by atoms with Crippen LogP contribution in [0.3, 0.4) is 0 Å². The highest BCUT2D eigenvalue weighted by Gasteiger charge is 2.20. The zero-order chi connectivity index (χ0) is 17.7. The standard InChI is InChI=1S/C17H17NO5S/c1-12-6-9-14(10-7-12)24(22,23)18-17(21)15-5-3-2-4-13(15)8-11-16(19)20/h2-7,9-10H,8,11H2,1H3,(H,18,21)(H,19,20). The van der Waals surface area contributed by atoms with Crippen molar-refractivity contribution in [1.29, 1.82) is 0 Å². The van der Waals surface area contributed by atoms with Gasteiger partial charge in [-0.05, 0) is 37.1 Å². The van der Waals surface area contributed by atoms with Gasteiger partial charge in [-0.2, -0.15) is 0 Å². The largest absolute Gasteiger partial charge is 0.481 e. The van der Waals surface area contributed by atoms with E-state index in [0.29, 0.717) is 5.56 Å². The molecule has 0 heterocycles. The Kier molecular flexibility index (Phi) is 5.35. The highest BCUT2D eigenvalue weighted by molar-refractivity contribution is 7.90. The van der Waals surface area contributed by atoms with Crippen LogP contribution in [0.1, 0.15) is 27.9 Å². The van der Waals surface area contributed by atoms with Crippen LogP contribution in [0.4, 0.5) is 0 Å². The van der Waals surface area contributed by atoms with Gasteiger partial charge in [0.1, 0.15) is 0 Å². The lowest BCUT2D eigenvalue weighted by atomic mass is 10.0. The summed E-state index contributed by atoms with van der Waals surface area (Å²) in [6.45, 7) is 1.83. The number of sulfonamides is 1. The van der Waals surface area contributed by atoms with Crippen LogP contribution in [0.25, 0.3) is 0 Å². The van der Waals surface area contributed by atoms with Crippen molar-refractivity contribution in [3.8, 4) is 0 Å². The first kappa shape index (κ1) is 17.7. The van der Waals surface area contributed by atoms with Gasteiger partial charge in [0.25, 0.3) is 15.9 Å². The van der Waals surface area contributed by atoms with Crippen molar-refractivity contribution in [1.82, 2.24) is 4.72 Å². The van der Waals surface area contributed by atoms with E-state index in [1.807, 2.05) is 11.6 Å². The number of carbonyl (C=O) groups is 2. The van der Waals surface area contributed by atoms with Crippen molar-refractivity contribution in [2.45, 2.75) is 24.7 Å². The fourth-order valence-corrected chi connectivity index (χ4v) is 3.12. The zero-order valence-corrected chi connectivity index (χ0v) is 13.8. The number of aryl methyl sites for hydroxylation is 2. The summed E-state index contributed by atoms with van der Waals surface area (Å²) >= 11 is 0. The van der Waals surface area contributed by atoms with Gasteiger partial charge >= 0.3 is 5.97 Å². The number of carboxylic acid groups (broad SMARTS) is 1. The van der Waals surface area contributed by atoms with Gasteiger partial charge in [0.15, 0.2) is 0 Å². The summed E-state index contributed by atoms with van der Waals surface area (Å²) in [7, 11) is -3.99. The molecule has 0 saturated carbocycles. The van der Waals surface area contributed by atoms with Crippen LogP contribution < -0.4 is 4.72 Å². The Morgan fingerprint density at radius 2 is 1.67 bits per heavy atom. The number of rotatable bonds is 6. The molecule has 2 aromatic carbocycles. The smallest absolute Gasteiger partial charge is 0.303 e. The minimum absolute atomic E-state index is 0.00975. The van der Waals surface area contributed by atoms with Crippen LogP contribution in [0, 0.1) is 6.92 Å². The van der Waals surface area contributed by atoms with Crippen LogP contribution in [0.2, 0.25) is 0 Å². The molecule has 0 spiro atoms. The van der Waals surface area contributed by atoms with Crippen LogP contribution >= 0.6 is 0 Å². The van der Waals surface area contributed by atoms with Crippen LogP contribution in [0.15, 0.2) is 53.4 Å². The number of hydrogen-bond acceptors (Lipinski definition) is 4. The molecule has 0 bridgehead atoms. The molecular weight excluding hydrogens is 330 g/mol. The number of carbonyl (C=O) groups excluding carboxylic acids is 1. The molecule has 2 aromatic rings. The topological polar surface area (TPSA) is 101 Å². The van der Waals surface area contributed by atoms with Gasteiger partial charge in [0.05, 0.1) is 4.90 Å². The first-order valence-corrected chi connectivity index (χ1v) is 8.71. The Hall–Kier alpha value is -2.67. The average molecular weight is 347 g/mol. The molecule has 0 aromatic heterocycles. The molecule has 7 heteroatoms. The highest BCUT2D eigenvalue weighted by Crippen LogP contribution is 2.14. The third-order valence-corrected chi connectivity index (χ3v) is 4.78. The molecule has 126 valence electrons. The summed E-state index contributed by atoms with van der Waals surface area (Å²) in [5, 5.41) is 8.77. The Bertz CT molecular complexity index is 857. The number of hydrogen-bond donors (Lipinski definition) is 2. The van der Waals surface area contributed by atoms with Crippen molar-refractivity contribution in [2.24, 2.45) is 0 Å². The SMILES string of the molecule is Cc1ccc(S(=O)(=O)NC(=O)c2ccccc2CCC(=O)O)cc1. The third-order valence-electron chi connectivity index (χ3n) is 3.43. The summed E-state index contributed by atoms with van der Waals surface area (Å²) in [4.78, 5) is 23.0. The first-order valence-electron chi connectivity index (χ1n) is 7.23. The monoisotopic (exact) mass is 347 g/mol. The highest BCUT2D eigenvalue weighted by atomic mass is 32.2. The lowest BCUT2D eigenvalue weighted by Gasteiger charge is -2.10. The quantitative estimate of drug-likeness (QED) is 0.834. The number of aliphatic carboxylic acids is 1. The maximum absolute atomic E-state index is 12.3. The summed E-state index contributed by atoms with van der Waals surface area (Å²) < 4.78 is 26.6. The zero-order valence-electron chi connectivity index (χ0n) is 13.0. The lowest BCUT2D eigenvalue weighted by molar-refractivity contribution is -0.136. The van der Waals surface area contributed by atoms with Crippen molar-refractivity contribution < 1.29 is 23.1 Å². The molecular formula is C17H17NO5S. The molecule has 24 heavy (non-hydrogen) atoms. The molecule has 2 N–H and O–H groups in total. The predicted molar refractivity (Wildman–Crippen MR) is 88.2 cm³/mol. The maximum Gasteiger partial charge on any atom is 0.303 e. The molecule has 0 radical (unpaired) electrons. The molecule has 0 saturated heterocycles. The Labute approximate surface area is 140 Å². The van der Waals surface area contributed by atoms with E-state index in [4.69, 9.17) is 5.11 Å². The van der Waals surface area contributed by atoms with Crippen molar-refractivity contribution in [2.75, 3.05) is 0 Å². The van der Waals surface area contributed by atoms with Gasteiger partial charge < -0.3 is 5.11 Å². The summed E-state index contributed by atoms with van der Waals surface area (Å²) in [6.07, 6.45) is -0.00148. The molecule has 0 aliphatic rings. The molecule has 6 nitrogen and oxygen atoms in total. The fourth-order valence-electron chi connectivity index (χ4n) is 2.15. The lowest BCUT2D eigenvalue weighted by Crippen LogP contribution is -2.31. The number of carboxylic acids is 1. The second-order valence-corrected chi connectivity index (χ2v) is 6.98. The number of nitrogens with one attached hydrogen (secondary N) is 1. The molecule has 2 rings (SSSR count).